The largest absolute Gasteiger partial charge is 0.461 e. The van der Waals surface area contributed by atoms with E-state index in [1.54, 1.807) is 0 Å². The summed E-state index contributed by atoms with van der Waals surface area (Å²) in [5, 5.41) is 10.0. The number of aromatic nitrogens is 2. The van der Waals surface area contributed by atoms with Crippen LogP contribution in [-0.2, 0) is 26.7 Å². The van der Waals surface area contributed by atoms with Crippen molar-refractivity contribution in [2.45, 2.75) is 61.8 Å². The summed E-state index contributed by atoms with van der Waals surface area (Å²) in [5.74, 6) is -4.40. The van der Waals surface area contributed by atoms with Crippen LogP contribution >= 0.6 is 0 Å². The molecule has 1 aliphatic rings. The van der Waals surface area contributed by atoms with Crippen LogP contribution < -0.4 is 0 Å². The molecular formula is C21H24F4N2O5S. The first-order chi connectivity index (χ1) is 15.2. The predicted molar refractivity (Wildman–Crippen MR) is 109 cm³/mol. The Morgan fingerprint density at radius 2 is 1.85 bits per heavy atom. The fraction of sp³-hybridized carbons (Fsp3) is 0.524. The van der Waals surface area contributed by atoms with Crippen LogP contribution in [0.3, 0.4) is 0 Å². The standard InChI is InChI=1S/C21H24F4N2O5S/c1-4-32-18(28)16-13(2)17(26-27(16)12-14-10-20(22,23)11-14)19(3,29)21(24,25)33(30,31)15-8-6-5-7-9-15/h5-9,14,29H,4,10-12H2,1-3H3. The Bertz CT molecular complexity index is 1140. The third kappa shape index (κ3) is 4.25. The summed E-state index contributed by atoms with van der Waals surface area (Å²) in [6.45, 7) is 3.03. The SMILES string of the molecule is CCOC(=O)c1c(C)c(C(C)(O)C(F)(F)S(=O)(=O)c2ccccc2)nn1CC1CC(F)(F)C1. The zero-order valence-corrected chi connectivity index (χ0v) is 19.0. The summed E-state index contributed by atoms with van der Waals surface area (Å²) in [5.41, 5.74) is -4.66. The highest BCUT2D eigenvalue weighted by Crippen LogP contribution is 2.46. The van der Waals surface area contributed by atoms with E-state index in [2.05, 4.69) is 5.10 Å². The van der Waals surface area contributed by atoms with Gasteiger partial charge in [-0.1, -0.05) is 18.2 Å². The number of carbonyl (C=O) groups is 1. The van der Waals surface area contributed by atoms with Crippen molar-refractivity contribution in [1.29, 1.82) is 0 Å². The van der Waals surface area contributed by atoms with Crippen LogP contribution in [0.5, 0.6) is 0 Å². The van der Waals surface area contributed by atoms with Crippen LogP contribution in [0.2, 0.25) is 0 Å². The zero-order valence-electron chi connectivity index (χ0n) is 18.2. The minimum atomic E-state index is -5.38. The molecule has 1 saturated carbocycles. The highest BCUT2D eigenvalue weighted by atomic mass is 32.2. The second kappa shape index (κ2) is 8.39. The normalized spacial score (nSPS) is 18.4. The molecule has 0 bridgehead atoms. The number of aliphatic hydroxyl groups is 1. The maximum atomic E-state index is 15.4. The van der Waals surface area contributed by atoms with Crippen LogP contribution in [0, 0.1) is 12.8 Å². The van der Waals surface area contributed by atoms with Gasteiger partial charge in [0.1, 0.15) is 11.4 Å². The van der Waals surface area contributed by atoms with E-state index in [0.717, 1.165) is 16.8 Å². The molecule has 12 heteroatoms. The van der Waals surface area contributed by atoms with Gasteiger partial charge in [0.2, 0.25) is 15.8 Å². The average Bonchev–Trinajstić information content (AvgIpc) is 3.03. The van der Waals surface area contributed by atoms with Crippen molar-refractivity contribution < 1.29 is 40.6 Å². The van der Waals surface area contributed by atoms with Crippen LogP contribution in [0.4, 0.5) is 17.6 Å². The number of hydrogen-bond donors (Lipinski definition) is 1. The van der Waals surface area contributed by atoms with Gasteiger partial charge in [0, 0.05) is 24.9 Å². The number of alkyl halides is 4. The summed E-state index contributed by atoms with van der Waals surface area (Å²) in [6, 6.07) is 5.88. The monoisotopic (exact) mass is 492 g/mol. The van der Waals surface area contributed by atoms with Crippen molar-refractivity contribution in [2.24, 2.45) is 5.92 Å². The third-order valence-corrected chi connectivity index (χ3v) is 7.65. The van der Waals surface area contributed by atoms with E-state index in [1.165, 1.54) is 32.0 Å². The molecule has 1 unspecified atom stereocenters. The van der Waals surface area contributed by atoms with Gasteiger partial charge in [-0.15, -0.1) is 0 Å². The van der Waals surface area contributed by atoms with Gasteiger partial charge < -0.3 is 9.84 Å². The smallest absolute Gasteiger partial charge is 0.383 e. The molecule has 1 aromatic carbocycles. The second-order valence-corrected chi connectivity index (χ2v) is 10.3. The molecule has 33 heavy (non-hydrogen) atoms. The number of sulfone groups is 1. The molecule has 1 aromatic heterocycles. The first-order valence-electron chi connectivity index (χ1n) is 10.2. The quantitative estimate of drug-likeness (QED) is 0.446. The number of esters is 1. The molecule has 2 aromatic rings. The Morgan fingerprint density at radius 1 is 1.27 bits per heavy atom. The van der Waals surface area contributed by atoms with Crippen LogP contribution in [0.1, 0.15) is 48.4 Å². The van der Waals surface area contributed by atoms with E-state index in [1.807, 2.05) is 0 Å². The lowest BCUT2D eigenvalue weighted by Gasteiger charge is -2.35. The third-order valence-electron chi connectivity index (χ3n) is 5.68. The van der Waals surface area contributed by atoms with Gasteiger partial charge in [-0.25, -0.2) is 22.0 Å². The summed E-state index contributed by atoms with van der Waals surface area (Å²) in [4.78, 5) is 11.8. The number of hydrogen-bond acceptors (Lipinski definition) is 6. The second-order valence-electron chi connectivity index (χ2n) is 8.26. The molecule has 1 N–H and O–H groups in total. The summed E-state index contributed by atoms with van der Waals surface area (Å²) < 4.78 is 88.5. The zero-order chi connectivity index (χ0) is 24.8. The predicted octanol–water partition coefficient (Wildman–Crippen LogP) is 3.69. The molecule has 7 nitrogen and oxygen atoms in total. The van der Waals surface area contributed by atoms with Crippen molar-refractivity contribution in [1.82, 2.24) is 9.78 Å². The van der Waals surface area contributed by atoms with Crippen molar-refractivity contribution in [3.05, 3.63) is 47.3 Å². The lowest BCUT2D eigenvalue weighted by molar-refractivity contribution is -0.124. The number of carbonyl (C=O) groups excluding carboxylic acids is 1. The van der Waals surface area contributed by atoms with E-state index in [-0.39, 0.29) is 24.4 Å². The Balaban J connectivity index is 2.08. The number of rotatable bonds is 8. The Morgan fingerprint density at radius 3 is 2.36 bits per heavy atom. The molecule has 1 heterocycles. The molecule has 0 aliphatic heterocycles. The van der Waals surface area contributed by atoms with Gasteiger partial charge in [0.25, 0.3) is 0 Å². The van der Waals surface area contributed by atoms with E-state index in [4.69, 9.17) is 4.74 Å². The molecule has 182 valence electrons. The Hall–Kier alpha value is -2.47. The van der Waals surface area contributed by atoms with Gasteiger partial charge in [-0.05, 0) is 38.8 Å². The number of halogens is 4. The number of ether oxygens (including phenoxy) is 1. The van der Waals surface area contributed by atoms with Crippen molar-refractivity contribution in [3.63, 3.8) is 0 Å². The van der Waals surface area contributed by atoms with E-state index in [9.17, 15) is 27.1 Å². The number of benzene rings is 1. The van der Waals surface area contributed by atoms with Gasteiger partial charge in [-0.2, -0.15) is 13.9 Å². The summed E-state index contributed by atoms with van der Waals surface area (Å²) >= 11 is 0. The molecule has 1 aliphatic carbocycles. The van der Waals surface area contributed by atoms with Crippen molar-refractivity contribution in [3.8, 4) is 0 Å². The molecule has 3 rings (SSSR count). The Kier molecular flexibility index (Phi) is 6.40. The van der Waals surface area contributed by atoms with Crippen molar-refractivity contribution in [2.75, 3.05) is 6.61 Å². The number of nitrogens with zero attached hydrogens (tertiary/aromatic N) is 2. The van der Waals surface area contributed by atoms with Crippen LogP contribution in [-0.4, -0.2) is 47.1 Å². The topological polar surface area (TPSA) is 98.5 Å². The Labute approximate surface area is 188 Å². The fourth-order valence-electron chi connectivity index (χ4n) is 3.91. The first kappa shape index (κ1) is 25.2. The van der Waals surface area contributed by atoms with E-state index < -0.39 is 61.9 Å². The minimum Gasteiger partial charge on any atom is -0.461 e. The summed E-state index contributed by atoms with van der Waals surface area (Å²) in [7, 11) is -5.38. The average molecular weight is 492 g/mol. The van der Waals surface area contributed by atoms with Crippen LogP contribution in [0.25, 0.3) is 0 Å². The van der Waals surface area contributed by atoms with Gasteiger partial charge in [-0.3, -0.25) is 4.68 Å². The maximum Gasteiger partial charge on any atom is 0.383 e. The molecule has 1 atom stereocenters. The molecule has 0 saturated heterocycles. The molecule has 0 amide bonds. The highest BCUT2D eigenvalue weighted by Gasteiger charge is 2.63. The van der Waals surface area contributed by atoms with E-state index >= 15 is 8.78 Å². The molecular weight excluding hydrogens is 468 g/mol. The van der Waals surface area contributed by atoms with E-state index in [0.29, 0.717) is 6.92 Å². The summed E-state index contributed by atoms with van der Waals surface area (Å²) in [6.07, 6.45) is -0.948. The van der Waals surface area contributed by atoms with Crippen LogP contribution in [0.15, 0.2) is 35.2 Å². The minimum absolute atomic E-state index is 0.0603. The lowest BCUT2D eigenvalue weighted by Crippen LogP contribution is -2.49. The lowest BCUT2D eigenvalue weighted by atomic mass is 9.81. The molecule has 1 fully saturated rings. The molecule has 0 radical (unpaired) electrons. The van der Waals surface area contributed by atoms with Gasteiger partial charge in [0.15, 0.2) is 5.60 Å². The fourth-order valence-corrected chi connectivity index (χ4v) is 5.34. The molecule has 0 spiro atoms. The first-order valence-corrected chi connectivity index (χ1v) is 11.7. The van der Waals surface area contributed by atoms with Gasteiger partial charge >= 0.3 is 11.2 Å². The highest BCUT2D eigenvalue weighted by molar-refractivity contribution is 7.92. The van der Waals surface area contributed by atoms with Gasteiger partial charge in [0.05, 0.1) is 11.5 Å². The maximum absolute atomic E-state index is 15.4. The van der Waals surface area contributed by atoms with Crippen molar-refractivity contribution >= 4 is 15.8 Å².